The summed E-state index contributed by atoms with van der Waals surface area (Å²) in [5.41, 5.74) is 1.52. The van der Waals surface area contributed by atoms with E-state index in [1.165, 1.54) is 4.88 Å². The molecule has 0 aliphatic carbocycles. The Hall–Kier alpha value is -2.05. The van der Waals surface area contributed by atoms with Gasteiger partial charge in [-0.3, -0.25) is 4.98 Å². The van der Waals surface area contributed by atoms with E-state index in [4.69, 9.17) is 0 Å². The quantitative estimate of drug-likeness (QED) is 0.700. The maximum Gasteiger partial charge on any atom is 0.180 e. The highest BCUT2D eigenvalue weighted by Gasteiger charge is 2.11. The van der Waals surface area contributed by atoms with E-state index in [0.717, 1.165) is 31.0 Å². The Balaban J connectivity index is 1.87. The molecule has 0 saturated heterocycles. The third kappa shape index (κ3) is 3.58. The van der Waals surface area contributed by atoms with Crippen LogP contribution in [0.4, 0.5) is 5.82 Å². The molecule has 114 valence electrons. The minimum Gasteiger partial charge on any atom is -0.350 e. The van der Waals surface area contributed by atoms with Crippen LogP contribution in [-0.2, 0) is 6.54 Å². The van der Waals surface area contributed by atoms with E-state index in [-0.39, 0.29) is 0 Å². The van der Waals surface area contributed by atoms with Crippen LogP contribution in [0.5, 0.6) is 0 Å². The predicted octanol–water partition coefficient (Wildman–Crippen LogP) is 2.65. The van der Waals surface area contributed by atoms with Crippen LogP contribution in [0.15, 0.2) is 42.0 Å². The van der Waals surface area contributed by atoms with Crippen LogP contribution >= 0.6 is 11.3 Å². The molecule has 3 aromatic rings. The van der Waals surface area contributed by atoms with Crippen molar-refractivity contribution in [1.82, 2.24) is 19.9 Å². The fourth-order valence-electron chi connectivity index (χ4n) is 2.21. The molecule has 0 radical (unpaired) electrons. The average Bonchev–Trinajstić information content (AvgIpc) is 3.04. The van der Waals surface area contributed by atoms with Gasteiger partial charge in [-0.05, 0) is 37.7 Å². The molecule has 0 saturated carbocycles. The monoisotopic (exact) mass is 313 g/mol. The molecular formula is C16H19N5S. The minimum atomic E-state index is 0.695. The lowest BCUT2D eigenvalue weighted by atomic mass is 10.3. The van der Waals surface area contributed by atoms with Crippen molar-refractivity contribution in [1.29, 1.82) is 0 Å². The standard InChI is InChI=1S/C16H19N5S/c1-20(2)9-10-21(12-13-4-3-11-22-13)15-6-5-14-16(19-15)18-8-7-17-14/h3-8,11H,9-10,12H2,1-2H3. The Morgan fingerprint density at radius 2 is 1.91 bits per heavy atom. The lowest BCUT2D eigenvalue weighted by Crippen LogP contribution is -2.31. The lowest BCUT2D eigenvalue weighted by Gasteiger charge is -2.25. The van der Waals surface area contributed by atoms with Gasteiger partial charge in [-0.2, -0.15) is 0 Å². The third-order valence-electron chi connectivity index (χ3n) is 3.38. The number of pyridine rings is 1. The first-order chi connectivity index (χ1) is 10.7. The normalized spacial score (nSPS) is 11.2. The molecule has 5 nitrogen and oxygen atoms in total. The summed E-state index contributed by atoms with van der Waals surface area (Å²) in [7, 11) is 4.17. The summed E-state index contributed by atoms with van der Waals surface area (Å²) in [6.07, 6.45) is 3.38. The van der Waals surface area contributed by atoms with Gasteiger partial charge in [0.25, 0.3) is 0 Å². The molecule has 0 aliphatic rings. The number of fused-ring (bicyclic) bond motifs is 1. The van der Waals surface area contributed by atoms with Crippen molar-refractivity contribution in [3.8, 4) is 0 Å². The topological polar surface area (TPSA) is 45.2 Å². The van der Waals surface area contributed by atoms with Gasteiger partial charge in [-0.15, -0.1) is 11.3 Å². The summed E-state index contributed by atoms with van der Waals surface area (Å²) >= 11 is 1.77. The van der Waals surface area contributed by atoms with Crippen molar-refractivity contribution in [3.63, 3.8) is 0 Å². The van der Waals surface area contributed by atoms with E-state index in [9.17, 15) is 0 Å². The van der Waals surface area contributed by atoms with Crippen molar-refractivity contribution in [2.75, 3.05) is 32.1 Å². The van der Waals surface area contributed by atoms with Gasteiger partial charge in [0.15, 0.2) is 5.65 Å². The number of rotatable bonds is 6. The van der Waals surface area contributed by atoms with Crippen LogP contribution in [0.25, 0.3) is 11.2 Å². The molecule has 0 fully saturated rings. The molecule has 0 atom stereocenters. The molecule has 0 spiro atoms. The Labute approximate surface area is 134 Å². The zero-order valence-electron chi connectivity index (χ0n) is 12.8. The Morgan fingerprint density at radius 3 is 2.68 bits per heavy atom. The largest absolute Gasteiger partial charge is 0.350 e. The predicted molar refractivity (Wildman–Crippen MR) is 91.3 cm³/mol. The van der Waals surface area contributed by atoms with Crippen LogP contribution in [0.3, 0.4) is 0 Å². The van der Waals surface area contributed by atoms with Gasteiger partial charge in [-0.25, -0.2) is 9.97 Å². The van der Waals surface area contributed by atoms with Crippen molar-refractivity contribution in [2.24, 2.45) is 0 Å². The number of anilines is 1. The van der Waals surface area contributed by atoms with Crippen molar-refractivity contribution in [2.45, 2.75) is 6.54 Å². The van der Waals surface area contributed by atoms with Gasteiger partial charge >= 0.3 is 0 Å². The van der Waals surface area contributed by atoms with E-state index in [2.05, 4.69) is 56.4 Å². The van der Waals surface area contributed by atoms with Gasteiger partial charge in [0.2, 0.25) is 0 Å². The van der Waals surface area contributed by atoms with E-state index in [0.29, 0.717) is 5.65 Å². The number of hydrogen-bond donors (Lipinski definition) is 0. The second-order valence-electron chi connectivity index (χ2n) is 5.37. The van der Waals surface area contributed by atoms with Crippen molar-refractivity contribution in [3.05, 3.63) is 46.9 Å². The van der Waals surface area contributed by atoms with Gasteiger partial charge in [-0.1, -0.05) is 6.07 Å². The van der Waals surface area contributed by atoms with Crippen molar-refractivity contribution < 1.29 is 0 Å². The second-order valence-corrected chi connectivity index (χ2v) is 6.40. The molecule has 0 aromatic carbocycles. The zero-order chi connectivity index (χ0) is 15.4. The third-order valence-corrected chi connectivity index (χ3v) is 4.25. The van der Waals surface area contributed by atoms with Crippen LogP contribution in [0.1, 0.15) is 4.88 Å². The first-order valence-corrected chi connectivity index (χ1v) is 8.10. The fourth-order valence-corrected chi connectivity index (χ4v) is 2.93. The van der Waals surface area contributed by atoms with Crippen LogP contribution in [0, 0.1) is 0 Å². The maximum absolute atomic E-state index is 4.67. The Bertz CT molecular complexity index is 726. The summed E-state index contributed by atoms with van der Waals surface area (Å²) in [5.74, 6) is 0.947. The van der Waals surface area contributed by atoms with E-state index < -0.39 is 0 Å². The molecule has 0 amide bonds. The lowest BCUT2D eigenvalue weighted by molar-refractivity contribution is 0.412. The van der Waals surface area contributed by atoms with Gasteiger partial charge < -0.3 is 9.80 Å². The summed E-state index contributed by atoms with van der Waals surface area (Å²) in [4.78, 5) is 19.1. The van der Waals surface area contributed by atoms with Crippen LogP contribution in [0.2, 0.25) is 0 Å². The summed E-state index contributed by atoms with van der Waals surface area (Å²) in [5, 5.41) is 2.11. The Morgan fingerprint density at radius 1 is 1.05 bits per heavy atom. The number of thiophene rings is 1. The highest BCUT2D eigenvalue weighted by Crippen LogP contribution is 2.19. The van der Waals surface area contributed by atoms with E-state index >= 15 is 0 Å². The van der Waals surface area contributed by atoms with Gasteiger partial charge in [0, 0.05) is 30.4 Å². The number of hydrogen-bond acceptors (Lipinski definition) is 6. The summed E-state index contributed by atoms with van der Waals surface area (Å²) in [6, 6.07) is 8.26. The minimum absolute atomic E-state index is 0.695. The summed E-state index contributed by atoms with van der Waals surface area (Å²) in [6.45, 7) is 2.76. The second kappa shape index (κ2) is 6.81. The summed E-state index contributed by atoms with van der Waals surface area (Å²) < 4.78 is 0. The molecule has 6 heteroatoms. The smallest absolute Gasteiger partial charge is 0.180 e. The fraction of sp³-hybridized carbons (Fsp3) is 0.312. The molecule has 22 heavy (non-hydrogen) atoms. The van der Waals surface area contributed by atoms with Gasteiger partial charge in [0.1, 0.15) is 11.3 Å². The van der Waals surface area contributed by atoms with Crippen LogP contribution < -0.4 is 4.90 Å². The molecule has 3 rings (SSSR count). The molecule has 0 aliphatic heterocycles. The molecule has 0 bridgehead atoms. The Kier molecular flexibility index (Phi) is 4.60. The molecule has 3 heterocycles. The highest BCUT2D eigenvalue weighted by molar-refractivity contribution is 7.09. The number of likely N-dealkylation sites (N-methyl/N-ethyl adjacent to an activating group) is 1. The van der Waals surface area contributed by atoms with Crippen LogP contribution in [-0.4, -0.2) is 47.0 Å². The number of nitrogens with zero attached hydrogens (tertiary/aromatic N) is 5. The molecule has 0 N–H and O–H groups in total. The SMILES string of the molecule is CN(C)CCN(Cc1cccs1)c1ccc2nccnc2n1. The zero-order valence-corrected chi connectivity index (χ0v) is 13.6. The molecular weight excluding hydrogens is 294 g/mol. The van der Waals surface area contributed by atoms with Crippen molar-refractivity contribution >= 4 is 28.3 Å². The molecule has 0 unspecified atom stereocenters. The first-order valence-electron chi connectivity index (χ1n) is 7.22. The number of aromatic nitrogens is 3. The van der Waals surface area contributed by atoms with Gasteiger partial charge in [0.05, 0.1) is 6.54 Å². The molecule has 3 aromatic heterocycles. The van der Waals surface area contributed by atoms with E-state index in [1.807, 2.05) is 12.1 Å². The maximum atomic E-state index is 4.67. The first kappa shape index (κ1) is 14.9. The highest BCUT2D eigenvalue weighted by atomic mass is 32.1. The average molecular weight is 313 g/mol. The van der Waals surface area contributed by atoms with E-state index in [1.54, 1.807) is 23.7 Å².